The van der Waals surface area contributed by atoms with E-state index >= 15 is 0 Å². The minimum Gasteiger partial charge on any atom is -0.356 e. The lowest BCUT2D eigenvalue weighted by atomic mass is 9.94. The van der Waals surface area contributed by atoms with Gasteiger partial charge in [0.1, 0.15) is 0 Å². The molecule has 4 heteroatoms. The Bertz CT molecular complexity index is 395. The third kappa shape index (κ3) is 5.51. The highest BCUT2D eigenvalue weighted by atomic mass is 35.5. The van der Waals surface area contributed by atoms with Crippen molar-refractivity contribution in [2.24, 2.45) is 23.5 Å². The Kier molecular flexibility index (Phi) is 8.51. The van der Waals surface area contributed by atoms with Crippen LogP contribution in [0.2, 0.25) is 0 Å². The van der Waals surface area contributed by atoms with Gasteiger partial charge in [0.2, 0.25) is 5.91 Å². The van der Waals surface area contributed by atoms with Gasteiger partial charge < -0.3 is 11.1 Å². The van der Waals surface area contributed by atoms with Crippen LogP contribution in [0.25, 0.3) is 0 Å². The van der Waals surface area contributed by atoms with Crippen molar-refractivity contribution < 1.29 is 4.79 Å². The largest absolute Gasteiger partial charge is 0.356 e. The van der Waals surface area contributed by atoms with Crippen molar-refractivity contribution in [3.05, 3.63) is 35.9 Å². The number of carbonyl (C=O) groups excluding carboxylic acids is 1. The normalized spacial score (nSPS) is 15.1. The highest BCUT2D eigenvalue weighted by molar-refractivity contribution is 5.85. The van der Waals surface area contributed by atoms with Crippen LogP contribution in [0.4, 0.5) is 0 Å². The summed E-state index contributed by atoms with van der Waals surface area (Å²) in [4.78, 5) is 12.1. The van der Waals surface area contributed by atoms with Gasteiger partial charge in [-0.15, -0.1) is 12.4 Å². The zero-order valence-corrected chi connectivity index (χ0v) is 13.6. The lowest BCUT2D eigenvalue weighted by molar-refractivity contribution is -0.125. The second kappa shape index (κ2) is 8.98. The van der Waals surface area contributed by atoms with Crippen LogP contribution in [0.1, 0.15) is 39.3 Å². The summed E-state index contributed by atoms with van der Waals surface area (Å²) >= 11 is 0. The Balaban J connectivity index is 0.00000361. The molecule has 1 aromatic carbocycles. The molecule has 0 fully saturated rings. The number of amides is 1. The van der Waals surface area contributed by atoms with E-state index in [1.54, 1.807) is 0 Å². The summed E-state index contributed by atoms with van der Waals surface area (Å²) in [5, 5.41) is 3.00. The molecular formula is C16H27ClN2O. The maximum atomic E-state index is 12.1. The summed E-state index contributed by atoms with van der Waals surface area (Å²) < 4.78 is 0. The monoisotopic (exact) mass is 298 g/mol. The van der Waals surface area contributed by atoms with Gasteiger partial charge in [-0.1, -0.05) is 58.0 Å². The predicted molar refractivity (Wildman–Crippen MR) is 86.8 cm³/mol. The van der Waals surface area contributed by atoms with Gasteiger partial charge in [0.25, 0.3) is 0 Å². The van der Waals surface area contributed by atoms with Crippen molar-refractivity contribution in [3.8, 4) is 0 Å². The van der Waals surface area contributed by atoms with E-state index in [0.29, 0.717) is 18.4 Å². The molecule has 1 rings (SSSR count). The number of hydrogen-bond donors (Lipinski definition) is 2. The standard InChI is InChI=1S/C16H26N2O.ClH/c1-11(2)12(3)10-18-16(19)13(4)15(17)14-8-6-5-7-9-14;/h5-9,11-13,15H,10,17H2,1-4H3,(H,18,19);1H. The average Bonchev–Trinajstić information content (AvgIpc) is 2.43. The lowest BCUT2D eigenvalue weighted by Gasteiger charge is -2.22. The van der Waals surface area contributed by atoms with Crippen molar-refractivity contribution in [3.63, 3.8) is 0 Å². The Hall–Kier alpha value is -1.06. The maximum absolute atomic E-state index is 12.1. The molecule has 20 heavy (non-hydrogen) atoms. The number of benzene rings is 1. The van der Waals surface area contributed by atoms with Crippen molar-refractivity contribution in [1.82, 2.24) is 5.32 Å². The predicted octanol–water partition coefficient (Wildman–Crippen LogP) is 3.15. The summed E-state index contributed by atoms with van der Waals surface area (Å²) in [7, 11) is 0. The fourth-order valence-corrected chi connectivity index (χ4v) is 1.79. The molecule has 0 spiro atoms. The van der Waals surface area contributed by atoms with Crippen molar-refractivity contribution in [1.29, 1.82) is 0 Å². The zero-order valence-electron chi connectivity index (χ0n) is 12.8. The fraction of sp³-hybridized carbons (Fsp3) is 0.562. The van der Waals surface area contributed by atoms with Gasteiger partial charge in [-0.2, -0.15) is 0 Å². The van der Waals surface area contributed by atoms with Gasteiger partial charge >= 0.3 is 0 Å². The molecule has 0 aliphatic heterocycles. The third-order valence-corrected chi connectivity index (χ3v) is 3.87. The highest BCUT2D eigenvalue weighted by Crippen LogP contribution is 2.19. The van der Waals surface area contributed by atoms with Crippen LogP contribution in [0, 0.1) is 17.8 Å². The van der Waals surface area contributed by atoms with Crippen LogP contribution in [0.15, 0.2) is 30.3 Å². The number of carbonyl (C=O) groups is 1. The quantitative estimate of drug-likeness (QED) is 0.847. The zero-order chi connectivity index (χ0) is 14.4. The summed E-state index contributed by atoms with van der Waals surface area (Å²) in [6.45, 7) is 9.06. The molecule has 114 valence electrons. The number of hydrogen-bond acceptors (Lipinski definition) is 2. The van der Waals surface area contributed by atoms with Crippen LogP contribution in [0.3, 0.4) is 0 Å². The fourth-order valence-electron chi connectivity index (χ4n) is 1.79. The van der Waals surface area contributed by atoms with Gasteiger partial charge in [-0.25, -0.2) is 0 Å². The van der Waals surface area contributed by atoms with Gasteiger partial charge in [0, 0.05) is 12.6 Å². The van der Waals surface area contributed by atoms with Crippen molar-refractivity contribution >= 4 is 18.3 Å². The van der Waals surface area contributed by atoms with Crippen LogP contribution < -0.4 is 11.1 Å². The molecular weight excluding hydrogens is 272 g/mol. The van der Waals surface area contributed by atoms with Gasteiger partial charge in [0.05, 0.1) is 5.92 Å². The first-order valence-corrected chi connectivity index (χ1v) is 7.01. The number of nitrogens with two attached hydrogens (primary N) is 1. The first-order valence-electron chi connectivity index (χ1n) is 7.01. The summed E-state index contributed by atoms with van der Waals surface area (Å²) in [6.07, 6.45) is 0. The number of rotatable bonds is 6. The average molecular weight is 299 g/mol. The van der Waals surface area contributed by atoms with E-state index in [-0.39, 0.29) is 30.3 Å². The van der Waals surface area contributed by atoms with E-state index < -0.39 is 0 Å². The molecule has 0 aliphatic rings. The molecule has 1 amide bonds. The Morgan fingerprint density at radius 3 is 2.20 bits per heavy atom. The van der Waals surface area contributed by atoms with E-state index in [1.807, 2.05) is 37.3 Å². The Morgan fingerprint density at radius 1 is 1.15 bits per heavy atom. The molecule has 0 bridgehead atoms. The van der Waals surface area contributed by atoms with Gasteiger partial charge in [-0.05, 0) is 17.4 Å². The molecule has 0 aliphatic carbocycles. The van der Waals surface area contributed by atoms with E-state index in [1.165, 1.54) is 0 Å². The van der Waals surface area contributed by atoms with Crippen molar-refractivity contribution in [2.45, 2.75) is 33.7 Å². The Morgan fingerprint density at radius 2 is 1.70 bits per heavy atom. The van der Waals surface area contributed by atoms with E-state index in [0.717, 1.165) is 5.56 Å². The summed E-state index contributed by atoms with van der Waals surface area (Å²) in [5.74, 6) is 0.855. The molecule has 0 radical (unpaired) electrons. The van der Waals surface area contributed by atoms with Crippen LogP contribution in [0.5, 0.6) is 0 Å². The molecule has 0 aromatic heterocycles. The molecule has 0 saturated carbocycles. The second-order valence-electron chi connectivity index (χ2n) is 5.69. The lowest BCUT2D eigenvalue weighted by Crippen LogP contribution is -2.38. The van der Waals surface area contributed by atoms with Crippen molar-refractivity contribution in [2.75, 3.05) is 6.54 Å². The second-order valence-corrected chi connectivity index (χ2v) is 5.69. The van der Waals surface area contributed by atoms with Gasteiger partial charge in [0.15, 0.2) is 0 Å². The SMILES string of the molecule is CC(C)C(C)CNC(=O)C(C)C(N)c1ccccc1.Cl. The van der Waals surface area contributed by atoms with Gasteiger partial charge in [-0.3, -0.25) is 4.79 Å². The smallest absolute Gasteiger partial charge is 0.224 e. The Labute approximate surface area is 128 Å². The molecule has 3 nitrogen and oxygen atoms in total. The third-order valence-electron chi connectivity index (χ3n) is 3.87. The first kappa shape index (κ1) is 18.9. The van der Waals surface area contributed by atoms with E-state index in [2.05, 4.69) is 26.1 Å². The van der Waals surface area contributed by atoms with E-state index in [4.69, 9.17) is 5.73 Å². The summed E-state index contributed by atoms with van der Waals surface area (Å²) in [6, 6.07) is 9.51. The number of nitrogens with one attached hydrogen (secondary N) is 1. The minimum atomic E-state index is -0.254. The highest BCUT2D eigenvalue weighted by Gasteiger charge is 2.22. The van der Waals surface area contributed by atoms with Crippen LogP contribution >= 0.6 is 12.4 Å². The van der Waals surface area contributed by atoms with E-state index in [9.17, 15) is 4.79 Å². The summed E-state index contributed by atoms with van der Waals surface area (Å²) in [5.41, 5.74) is 7.15. The molecule has 3 atom stereocenters. The minimum absolute atomic E-state index is 0. The number of halogens is 1. The first-order chi connectivity index (χ1) is 8.93. The maximum Gasteiger partial charge on any atom is 0.224 e. The molecule has 0 heterocycles. The van der Waals surface area contributed by atoms with Crippen LogP contribution in [-0.2, 0) is 4.79 Å². The molecule has 1 aromatic rings. The molecule has 3 unspecified atom stereocenters. The topological polar surface area (TPSA) is 55.1 Å². The van der Waals surface area contributed by atoms with Crippen LogP contribution in [-0.4, -0.2) is 12.5 Å². The molecule has 0 saturated heterocycles. The molecule has 3 N–H and O–H groups in total.